The van der Waals surface area contributed by atoms with Crippen LogP contribution in [0.4, 0.5) is 21.2 Å². The first-order chi connectivity index (χ1) is 25.9. The summed E-state index contributed by atoms with van der Waals surface area (Å²) in [6, 6.07) is 33.9. The van der Waals surface area contributed by atoms with E-state index in [-0.39, 0.29) is 50.4 Å². The number of amides is 3. The minimum absolute atomic E-state index is 0.0918. The maximum atomic E-state index is 16.5. The lowest BCUT2D eigenvalue weighted by atomic mass is 9.82. The lowest BCUT2D eigenvalue weighted by Gasteiger charge is -2.31. The standard InChI is InChI=1S/C43H41ClFN3O5Si/c1-27-40(54(2,3)45)37(24-38(50)46(21-22-49)25-28-9-5-4-6-10-28)53-43(27)34-23-31(44)17-20-35(34)47(42(43)52)26-29-15-18-32(19-16-29)48-36-14-8-12-30-11-7-13-33(39(30)36)41(48)51/h4-20,23,27,37,40,49H,21-22,24-26H2,1-3H3/t27-,37+,40-,43+/m0/s1. The number of rotatable bonds is 10. The summed E-state index contributed by atoms with van der Waals surface area (Å²) < 4.78 is 23.3. The third kappa shape index (κ3) is 5.92. The molecule has 3 aliphatic rings. The number of aliphatic hydroxyl groups is 1. The van der Waals surface area contributed by atoms with E-state index in [9.17, 15) is 19.5 Å². The van der Waals surface area contributed by atoms with Crippen molar-refractivity contribution >= 4 is 65.6 Å². The van der Waals surface area contributed by atoms with Gasteiger partial charge in [-0.25, -0.2) is 0 Å². The number of halogens is 2. The second-order valence-electron chi connectivity index (χ2n) is 15.0. The van der Waals surface area contributed by atoms with E-state index in [1.54, 1.807) is 46.0 Å². The Labute approximate surface area is 319 Å². The molecule has 276 valence electrons. The van der Waals surface area contributed by atoms with E-state index in [0.29, 0.717) is 27.5 Å². The zero-order valence-electron chi connectivity index (χ0n) is 30.3. The van der Waals surface area contributed by atoms with Crippen LogP contribution in [0.2, 0.25) is 23.7 Å². The summed E-state index contributed by atoms with van der Waals surface area (Å²) in [5, 5.41) is 12.2. The normalized spacial score (nSPS) is 21.8. The Morgan fingerprint density at radius 1 is 0.926 bits per heavy atom. The smallest absolute Gasteiger partial charge is 0.264 e. The Morgan fingerprint density at radius 2 is 1.65 bits per heavy atom. The maximum absolute atomic E-state index is 16.5. The Morgan fingerprint density at radius 3 is 2.35 bits per heavy atom. The molecule has 1 saturated heterocycles. The van der Waals surface area contributed by atoms with Crippen LogP contribution in [0.15, 0.2) is 109 Å². The third-order valence-corrected chi connectivity index (χ3v) is 14.0. The first kappa shape index (κ1) is 36.1. The molecule has 1 spiro atoms. The minimum atomic E-state index is -3.55. The van der Waals surface area contributed by atoms with Crippen molar-refractivity contribution in [2.45, 2.75) is 56.8 Å². The number of carbonyl (C=O) groups excluding carboxylic acids is 3. The number of benzene rings is 5. The second-order valence-corrected chi connectivity index (χ2v) is 19.3. The number of hydrogen-bond donors (Lipinski definition) is 1. The topological polar surface area (TPSA) is 90.4 Å². The summed E-state index contributed by atoms with van der Waals surface area (Å²) in [5.74, 6) is -1.31. The molecule has 5 aromatic rings. The second kappa shape index (κ2) is 13.8. The van der Waals surface area contributed by atoms with E-state index in [1.165, 1.54) is 0 Å². The van der Waals surface area contributed by atoms with Crippen molar-refractivity contribution in [1.29, 1.82) is 0 Å². The molecule has 5 aromatic carbocycles. The molecular formula is C43H41ClFN3O5Si. The first-order valence-electron chi connectivity index (χ1n) is 18.3. The predicted octanol–water partition coefficient (Wildman–Crippen LogP) is 8.52. The number of hydrogen-bond acceptors (Lipinski definition) is 5. The van der Waals surface area contributed by atoms with Gasteiger partial charge in [-0.3, -0.25) is 19.3 Å². The van der Waals surface area contributed by atoms with Gasteiger partial charge in [0.2, 0.25) is 14.3 Å². The lowest BCUT2D eigenvalue weighted by Crippen LogP contribution is -2.45. The van der Waals surface area contributed by atoms with Gasteiger partial charge in [-0.05, 0) is 72.1 Å². The lowest BCUT2D eigenvalue weighted by molar-refractivity contribution is -0.150. The summed E-state index contributed by atoms with van der Waals surface area (Å²) in [7, 11) is -3.55. The highest BCUT2D eigenvalue weighted by Gasteiger charge is 2.67. The van der Waals surface area contributed by atoms with Crippen molar-refractivity contribution < 1.29 is 28.3 Å². The summed E-state index contributed by atoms with van der Waals surface area (Å²) in [6.45, 7) is 5.42. The van der Waals surface area contributed by atoms with Gasteiger partial charge in [0.05, 0.1) is 42.6 Å². The summed E-state index contributed by atoms with van der Waals surface area (Å²) in [5.41, 5.74) is 2.87. The van der Waals surface area contributed by atoms with Crippen LogP contribution in [-0.2, 0) is 33.0 Å². The van der Waals surface area contributed by atoms with Crippen LogP contribution < -0.4 is 9.80 Å². The maximum Gasteiger partial charge on any atom is 0.264 e. The molecule has 3 heterocycles. The Kier molecular flexibility index (Phi) is 9.21. The fourth-order valence-corrected chi connectivity index (χ4v) is 11.7. The van der Waals surface area contributed by atoms with Gasteiger partial charge in [0, 0.05) is 46.2 Å². The molecule has 0 bridgehead atoms. The molecular weight excluding hydrogens is 721 g/mol. The Bertz CT molecular complexity index is 2280. The molecule has 0 aliphatic carbocycles. The van der Waals surface area contributed by atoms with Gasteiger partial charge in [-0.1, -0.05) is 85.3 Å². The fourth-order valence-electron chi connectivity index (χ4n) is 9.00. The van der Waals surface area contributed by atoms with Crippen LogP contribution in [0, 0.1) is 5.92 Å². The van der Waals surface area contributed by atoms with Gasteiger partial charge in [0.25, 0.3) is 11.8 Å². The molecule has 0 unspecified atom stereocenters. The zero-order chi connectivity index (χ0) is 37.9. The van der Waals surface area contributed by atoms with E-state index in [2.05, 4.69) is 0 Å². The molecule has 1 fully saturated rings. The van der Waals surface area contributed by atoms with E-state index < -0.39 is 31.6 Å². The van der Waals surface area contributed by atoms with Gasteiger partial charge in [0.15, 0.2) is 5.60 Å². The van der Waals surface area contributed by atoms with Gasteiger partial charge < -0.3 is 23.8 Å². The fraction of sp³-hybridized carbons (Fsp3) is 0.279. The molecule has 8 rings (SSSR count). The van der Waals surface area contributed by atoms with Crippen molar-refractivity contribution in [1.82, 2.24) is 4.90 Å². The van der Waals surface area contributed by atoms with Crippen molar-refractivity contribution in [2.24, 2.45) is 5.92 Å². The van der Waals surface area contributed by atoms with Crippen LogP contribution in [0.25, 0.3) is 10.8 Å². The SMILES string of the molecule is C[C@H]1[C@H]([Si](C)(C)F)[C@@H](CC(=O)N(CCO)Cc2ccccc2)O[C@]12C(=O)N(Cc1ccc(N3C(=O)c4cccc5cccc3c45)cc1)c1ccc(Cl)cc12. The number of fused-ring (bicyclic) bond motifs is 2. The third-order valence-electron chi connectivity index (χ3n) is 11.3. The van der Waals surface area contributed by atoms with Crippen LogP contribution in [0.5, 0.6) is 0 Å². The van der Waals surface area contributed by atoms with E-state index >= 15 is 4.11 Å². The average molecular weight is 762 g/mol. The summed E-state index contributed by atoms with van der Waals surface area (Å²) in [6.07, 6.45) is -1.01. The van der Waals surface area contributed by atoms with Crippen LogP contribution in [-0.4, -0.2) is 55.4 Å². The van der Waals surface area contributed by atoms with Crippen molar-refractivity contribution in [2.75, 3.05) is 23.0 Å². The number of carbonyl (C=O) groups is 3. The molecule has 0 aromatic heterocycles. The molecule has 3 aliphatic heterocycles. The van der Waals surface area contributed by atoms with E-state index in [1.807, 2.05) is 97.9 Å². The van der Waals surface area contributed by atoms with Crippen molar-refractivity contribution in [3.63, 3.8) is 0 Å². The van der Waals surface area contributed by atoms with Crippen LogP contribution in [0.3, 0.4) is 0 Å². The number of aliphatic hydroxyl groups excluding tert-OH is 1. The molecule has 54 heavy (non-hydrogen) atoms. The van der Waals surface area contributed by atoms with Gasteiger partial charge in [-0.15, -0.1) is 0 Å². The summed E-state index contributed by atoms with van der Waals surface area (Å²) >= 11 is 6.58. The quantitative estimate of drug-likeness (QED) is 0.114. The largest absolute Gasteiger partial charge is 0.395 e. The van der Waals surface area contributed by atoms with Crippen LogP contribution >= 0.6 is 11.6 Å². The molecule has 3 amide bonds. The summed E-state index contributed by atoms with van der Waals surface area (Å²) in [4.78, 5) is 47.3. The molecule has 0 saturated carbocycles. The van der Waals surface area contributed by atoms with Crippen molar-refractivity contribution in [3.05, 3.63) is 136 Å². The monoisotopic (exact) mass is 761 g/mol. The van der Waals surface area contributed by atoms with Crippen LogP contribution in [0.1, 0.15) is 40.4 Å². The molecule has 8 nitrogen and oxygen atoms in total. The van der Waals surface area contributed by atoms with Crippen molar-refractivity contribution in [3.8, 4) is 0 Å². The predicted molar refractivity (Wildman–Crippen MR) is 211 cm³/mol. The number of nitrogens with zero attached hydrogens (tertiary/aromatic N) is 3. The number of ether oxygens (including phenoxy) is 1. The van der Waals surface area contributed by atoms with Gasteiger partial charge in [-0.2, -0.15) is 0 Å². The average Bonchev–Trinajstić information content (AvgIpc) is 3.70. The first-order valence-corrected chi connectivity index (χ1v) is 21.6. The zero-order valence-corrected chi connectivity index (χ0v) is 32.1. The molecule has 4 atom stereocenters. The molecule has 11 heteroatoms. The highest BCUT2D eigenvalue weighted by atomic mass is 35.5. The number of anilines is 3. The highest BCUT2D eigenvalue weighted by Crippen LogP contribution is 2.60. The Balaban J connectivity index is 1.09. The van der Waals surface area contributed by atoms with Gasteiger partial charge in [0.1, 0.15) is 0 Å². The molecule has 1 N–H and O–H groups in total. The molecule has 0 radical (unpaired) electrons. The minimum Gasteiger partial charge on any atom is -0.395 e. The van der Waals surface area contributed by atoms with E-state index in [4.69, 9.17) is 16.3 Å². The highest BCUT2D eigenvalue weighted by molar-refractivity contribution is 6.72. The van der Waals surface area contributed by atoms with Gasteiger partial charge >= 0.3 is 0 Å². The Hall–Kier alpha value is -4.87. The van der Waals surface area contributed by atoms with E-state index in [0.717, 1.165) is 27.6 Å².